The first kappa shape index (κ1) is 26.5. The van der Waals surface area contributed by atoms with Gasteiger partial charge < -0.3 is 24.6 Å². The van der Waals surface area contributed by atoms with Crippen LogP contribution in [0, 0.1) is 5.92 Å². The number of esters is 1. The lowest BCUT2D eigenvalue weighted by Crippen LogP contribution is -2.30. The van der Waals surface area contributed by atoms with E-state index >= 15 is 0 Å². The minimum absolute atomic E-state index is 0.0667. The van der Waals surface area contributed by atoms with Crippen LogP contribution < -0.4 is 0 Å². The number of carbonyl (C=O) groups is 3. The van der Waals surface area contributed by atoms with Crippen molar-refractivity contribution in [3.63, 3.8) is 0 Å². The van der Waals surface area contributed by atoms with Crippen molar-refractivity contribution in [2.75, 3.05) is 32.8 Å². The maximum atomic E-state index is 12.9. The molecule has 8 nitrogen and oxygen atoms in total. The van der Waals surface area contributed by atoms with Crippen molar-refractivity contribution >= 4 is 23.5 Å². The molecule has 0 bridgehead atoms. The highest BCUT2D eigenvalue weighted by Gasteiger charge is 2.29. The molecule has 1 fully saturated rings. The maximum absolute atomic E-state index is 12.9. The second-order valence-electron chi connectivity index (χ2n) is 8.17. The van der Waals surface area contributed by atoms with E-state index in [-0.39, 0.29) is 18.0 Å². The van der Waals surface area contributed by atoms with Crippen LogP contribution in [0.5, 0.6) is 0 Å². The second kappa shape index (κ2) is 13.7. The zero-order valence-corrected chi connectivity index (χ0v) is 19.5. The summed E-state index contributed by atoms with van der Waals surface area (Å²) in [7, 11) is 0. The van der Waals surface area contributed by atoms with E-state index < -0.39 is 11.9 Å². The molecule has 2 unspecified atom stereocenters. The molecule has 3 rings (SSSR count). The normalized spacial score (nSPS) is 17.5. The van der Waals surface area contributed by atoms with E-state index in [2.05, 4.69) is 49.1 Å². The summed E-state index contributed by atoms with van der Waals surface area (Å²) in [6, 6.07) is 8.51. The molecule has 0 spiro atoms. The van der Waals surface area contributed by atoms with Gasteiger partial charge in [0.05, 0.1) is 12.0 Å². The molecule has 1 heterocycles. The van der Waals surface area contributed by atoms with Gasteiger partial charge >= 0.3 is 17.9 Å². The summed E-state index contributed by atoms with van der Waals surface area (Å²) in [5.41, 5.74) is 3.94. The van der Waals surface area contributed by atoms with Crippen molar-refractivity contribution in [1.29, 1.82) is 0 Å². The fourth-order valence-corrected chi connectivity index (χ4v) is 4.16. The van der Waals surface area contributed by atoms with Gasteiger partial charge in [0.2, 0.25) is 0 Å². The number of ether oxygens (including phenoxy) is 2. The van der Waals surface area contributed by atoms with E-state index in [1.54, 1.807) is 0 Å². The van der Waals surface area contributed by atoms with Gasteiger partial charge in [-0.2, -0.15) is 0 Å². The summed E-state index contributed by atoms with van der Waals surface area (Å²) in [4.78, 5) is 33.3. The molecule has 0 radical (unpaired) electrons. The summed E-state index contributed by atoms with van der Waals surface area (Å²) in [6.45, 7) is 8.33. The molecular formula is C25H35NO7. The molecule has 0 amide bonds. The van der Waals surface area contributed by atoms with Gasteiger partial charge in [-0.3, -0.25) is 4.79 Å². The first-order valence-corrected chi connectivity index (χ1v) is 11.6. The average molecular weight is 462 g/mol. The van der Waals surface area contributed by atoms with Crippen LogP contribution in [0.1, 0.15) is 50.7 Å². The zero-order valence-electron chi connectivity index (χ0n) is 19.5. The highest BCUT2D eigenvalue weighted by molar-refractivity contribution is 6.27. The number of benzene rings is 1. The smallest absolute Gasteiger partial charge is 0.414 e. The summed E-state index contributed by atoms with van der Waals surface area (Å²) in [6.07, 6.45) is 7.11. The number of carbonyl (C=O) groups excluding carboxylic acids is 1. The lowest BCUT2D eigenvalue weighted by molar-refractivity contribution is -0.159. The highest BCUT2D eigenvalue weighted by atomic mass is 16.5. The van der Waals surface area contributed by atoms with Gasteiger partial charge in [0.1, 0.15) is 6.61 Å². The van der Waals surface area contributed by atoms with E-state index in [0.29, 0.717) is 6.61 Å². The predicted octanol–water partition coefficient (Wildman–Crippen LogP) is 3.24. The summed E-state index contributed by atoms with van der Waals surface area (Å²) >= 11 is 0. The van der Waals surface area contributed by atoms with Crippen LogP contribution in [0.25, 0.3) is 5.57 Å². The lowest BCUT2D eigenvalue weighted by Gasteiger charge is -2.22. The van der Waals surface area contributed by atoms with Crippen molar-refractivity contribution in [2.24, 2.45) is 5.92 Å². The van der Waals surface area contributed by atoms with Gasteiger partial charge in [-0.05, 0) is 61.9 Å². The van der Waals surface area contributed by atoms with Gasteiger partial charge in [-0.1, -0.05) is 44.2 Å². The number of carboxylic acid groups (broad SMARTS) is 2. The Kier molecular flexibility index (Phi) is 11.1. The van der Waals surface area contributed by atoms with Crippen molar-refractivity contribution in [3.05, 3.63) is 41.5 Å². The summed E-state index contributed by atoms with van der Waals surface area (Å²) < 4.78 is 11.5. The van der Waals surface area contributed by atoms with E-state index in [0.717, 1.165) is 58.3 Å². The number of likely N-dealkylation sites (N-methyl/N-ethyl adjacent to an activating group) is 1. The highest BCUT2D eigenvalue weighted by Crippen LogP contribution is 2.34. The van der Waals surface area contributed by atoms with Crippen molar-refractivity contribution in [1.82, 2.24) is 4.90 Å². The zero-order chi connectivity index (χ0) is 24.2. The van der Waals surface area contributed by atoms with Gasteiger partial charge in [0.25, 0.3) is 0 Å². The molecule has 2 atom stereocenters. The molecule has 1 aliphatic heterocycles. The monoisotopic (exact) mass is 461 g/mol. The molecule has 2 N–H and O–H groups in total. The van der Waals surface area contributed by atoms with Crippen LogP contribution in [0.15, 0.2) is 30.3 Å². The Hall–Kier alpha value is -2.71. The topological polar surface area (TPSA) is 113 Å². The third kappa shape index (κ3) is 8.63. The number of allylic oxidation sites excluding steroid dienone is 2. The number of rotatable bonds is 10. The Morgan fingerprint density at radius 1 is 1.15 bits per heavy atom. The largest absolute Gasteiger partial charge is 0.473 e. The van der Waals surface area contributed by atoms with E-state index in [4.69, 9.17) is 29.3 Å². The van der Waals surface area contributed by atoms with Crippen LogP contribution >= 0.6 is 0 Å². The Labute approximate surface area is 195 Å². The molecule has 0 saturated carbocycles. The fourth-order valence-electron chi connectivity index (χ4n) is 4.16. The minimum atomic E-state index is -1.82. The summed E-state index contributed by atoms with van der Waals surface area (Å²) in [5.74, 6) is -3.84. The number of carboxylic acids is 2. The number of hydrogen-bond donors (Lipinski definition) is 2. The molecule has 33 heavy (non-hydrogen) atoms. The predicted molar refractivity (Wildman–Crippen MR) is 124 cm³/mol. The van der Waals surface area contributed by atoms with E-state index in [9.17, 15) is 4.79 Å². The van der Waals surface area contributed by atoms with Crippen LogP contribution in [0.4, 0.5) is 0 Å². The molecule has 1 saturated heterocycles. The Balaban J connectivity index is 0.000000569. The number of fused-ring (bicyclic) bond motifs is 1. The first-order valence-electron chi connectivity index (χ1n) is 11.6. The quantitative estimate of drug-likeness (QED) is 0.403. The molecule has 182 valence electrons. The van der Waals surface area contributed by atoms with Gasteiger partial charge in [-0.15, -0.1) is 0 Å². The summed E-state index contributed by atoms with van der Waals surface area (Å²) in [5, 5.41) is 14.8. The Bertz CT molecular complexity index is 814. The van der Waals surface area contributed by atoms with Crippen molar-refractivity contribution in [2.45, 2.75) is 52.1 Å². The molecule has 1 aromatic rings. The fraction of sp³-hybridized carbons (Fsp3) is 0.560. The van der Waals surface area contributed by atoms with Crippen LogP contribution in [0.3, 0.4) is 0 Å². The number of hydrogen-bond acceptors (Lipinski definition) is 6. The second-order valence-corrected chi connectivity index (χ2v) is 8.17. The van der Waals surface area contributed by atoms with Gasteiger partial charge in [-0.25, -0.2) is 9.59 Å². The molecular weight excluding hydrogens is 426 g/mol. The molecule has 8 heteroatoms. The van der Waals surface area contributed by atoms with Crippen LogP contribution in [-0.4, -0.2) is 72.0 Å². The SMILES string of the molecule is CCN(CC)CCOC(=O)C(CC1=CCc2ccccc21)CC1CCCO1.O=C(O)C(=O)O. The van der Waals surface area contributed by atoms with Crippen LogP contribution in [0.2, 0.25) is 0 Å². The van der Waals surface area contributed by atoms with Crippen LogP contribution in [-0.2, 0) is 30.3 Å². The third-order valence-electron chi connectivity index (χ3n) is 6.03. The Morgan fingerprint density at radius 3 is 2.45 bits per heavy atom. The maximum Gasteiger partial charge on any atom is 0.414 e. The van der Waals surface area contributed by atoms with Crippen molar-refractivity contribution < 1.29 is 34.1 Å². The van der Waals surface area contributed by atoms with Gasteiger partial charge in [0, 0.05) is 13.2 Å². The third-order valence-corrected chi connectivity index (χ3v) is 6.03. The standard InChI is InChI=1S/C23H33NO3.C2H2O4/c1-3-24(4-2)13-15-27-23(25)20(17-21-9-7-14-26-21)16-19-12-11-18-8-5-6-10-22(18)19;3-1(4)2(5)6/h5-6,8,10,12,20-21H,3-4,7,9,11,13-17H2,1-2H3;(H,3,4)(H,5,6). The van der Waals surface area contributed by atoms with E-state index in [1.807, 2.05) is 0 Å². The molecule has 1 aromatic carbocycles. The van der Waals surface area contributed by atoms with Gasteiger partial charge in [0.15, 0.2) is 0 Å². The molecule has 0 aromatic heterocycles. The molecule has 1 aliphatic carbocycles. The van der Waals surface area contributed by atoms with E-state index in [1.165, 1.54) is 16.7 Å². The number of aliphatic carboxylic acids is 2. The van der Waals surface area contributed by atoms with Crippen molar-refractivity contribution in [3.8, 4) is 0 Å². The Morgan fingerprint density at radius 2 is 1.85 bits per heavy atom. The first-order chi connectivity index (χ1) is 15.8. The molecule has 2 aliphatic rings. The number of nitrogens with zero attached hydrogens (tertiary/aromatic N) is 1. The lowest BCUT2D eigenvalue weighted by atomic mass is 9.90. The average Bonchev–Trinajstić information content (AvgIpc) is 3.47. The minimum Gasteiger partial charge on any atom is -0.473 e.